The van der Waals surface area contributed by atoms with Gasteiger partial charge in [0.1, 0.15) is 23.7 Å². The van der Waals surface area contributed by atoms with Crippen LogP contribution < -0.4 is 15.0 Å². The number of anilines is 1. The van der Waals surface area contributed by atoms with Gasteiger partial charge in [0.2, 0.25) is 0 Å². The number of para-hydroxylation sites is 1. The Morgan fingerprint density at radius 2 is 1.70 bits per heavy atom. The zero-order chi connectivity index (χ0) is 23.5. The molecule has 0 saturated carbocycles. The SMILES string of the molecule is O=C1NC(=O)N(c2ccccc2F)C(=O)/C1=C\c1cc(Br)ccc1OCc1ccccc1Br. The number of halogens is 3. The number of urea groups is 1. The zero-order valence-electron chi connectivity index (χ0n) is 16.8. The fraction of sp³-hybridized carbons (Fsp3) is 0.0417. The number of rotatable bonds is 5. The van der Waals surface area contributed by atoms with Crippen molar-refractivity contribution in [3.8, 4) is 5.75 Å². The molecule has 1 aliphatic rings. The first-order chi connectivity index (χ1) is 15.8. The van der Waals surface area contributed by atoms with Crippen LogP contribution in [-0.4, -0.2) is 17.8 Å². The molecule has 1 saturated heterocycles. The Balaban J connectivity index is 1.70. The second kappa shape index (κ2) is 9.68. The monoisotopic (exact) mass is 572 g/mol. The van der Waals surface area contributed by atoms with Crippen LogP contribution in [0.3, 0.4) is 0 Å². The van der Waals surface area contributed by atoms with Gasteiger partial charge in [0.15, 0.2) is 0 Å². The van der Waals surface area contributed by atoms with Crippen LogP contribution in [0.2, 0.25) is 0 Å². The number of hydrogen-bond donors (Lipinski definition) is 1. The van der Waals surface area contributed by atoms with Crippen molar-refractivity contribution >= 4 is 61.5 Å². The molecule has 3 aromatic carbocycles. The standard InChI is InChI=1S/C24H15Br2FN2O4/c25-16-9-10-21(33-13-14-5-1-2-6-18(14)26)15(11-16)12-17-22(30)28-24(32)29(23(17)31)20-8-4-3-7-19(20)27/h1-12H,13H2,(H,28,30,32)/b17-12-. The van der Waals surface area contributed by atoms with Crippen molar-refractivity contribution in [2.45, 2.75) is 6.61 Å². The Morgan fingerprint density at radius 1 is 0.970 bits per heavy atom. The molecule has 4 rings (SSSR count). The fourth-order valence-electron chi connectivity index (χ4n) is 3.20. The molecule has 0 radical (unpaired) electrons. The minimum atomic E-state index is -1.02. The number of nitrogens with one attached hydrogen (secondary N) is 1. The first-order valence-electron chi connectivity index (χ1n) is 9.67. The summed E-state index contributed by atoms with van der Waals surface area (Å²) in [5.74, 6) is -2.18. The summed E-state index contributed by atoms with van der Waals surface area (Å²) < 4.78 is 21.8. The van der Waals surface area contributed by atoms with Gasteiger partial charge in [-0.1, -0.05) is 62.2 Å². The Morgan fingerprint density at radius 3 is 2.45 bits per heavy atom. The van der Waals surface area contributed by atoms with Crippen LogP contribution in [0.15, 0.2) is 81.2 Å². The van der Waals surface area contributed by atoms with Gasteiger partial charge < -0.3 is 4.74 Å². The minimum Gasteiger partial charge on any atom is -0.488 e. The molecular weight excluding hydrogens is 559 g/mol. The van der Waals surface area contributed by atoms with Gasteiger partial charge in [-0.05, 0) is 42.5 Å². The van der Waals surface area contributed by atoms with E-state index in [0.29, 0.717) is 20.7 Å². The fourth-order valence-corrected chi connectivity index (χ4v) is 3.98. The van der Waals surface area contributed by atoms with E-state index in [-0.39, 0.29) is 17.9 Å². The molecule has 166 valence electrons. The molecule has 1 N–H and O–H groups in total. The lowest BCUT2D eigenvalue weighted by molar-refractivity contribution is -0.122. The highest BCUT2D eigenvalue weighted by Gasteiger charge is 2.38. The van der Waals surface area contributed by atoms with E-state index < -0.39 is 23.7 Å². The highest BCUT2D eigenvalue weighted by molar-refractivity contribution is 9.10. The van der Waals surface area contributed by atoms with E-state index >= 15 is 0 Å². The summed E-state index contributed by atoms with van der Waals surface area (Å²) in [7, 11) is 0. The molecule has 0 bridgehead atoms. The summed E-state index contributed by atoms with van der Waals surface area (Å²) in [5.41, 5.74) is 0.749. The zero-order valence-corrected chi connectivity index (χ0v) is 20.0. The summed E-state index contributed by atoms with van der Waals surface area (Å²) in [6, 6.07) is 17.0. The van der Waals surface area contributed by atoms with Crippen LogP contribution in [0, 0.1) is 5.82 Å². The van der Waals surface area contributed by atoms with Crippen molar-refractivity contribution in [3.63, 3.8) is 0 Å². The highest BCUT2D eigenvalue weighted by atomic mass is 79.9. The summed E-state index contributed by atoms with van der Waals surface area (Å²) in [6.07, 6.45) is 1.32. The van der Waals surface area contributed by atoms with E-state index in [1.54, 1.807) is 18.2 Å². The normalized spacial score (nSPS) is 15.1. The Labute approximate surface area is 205 Å². The second-order valence-corrected chi connectivity index (χ2v) is 8.74. The quantitative estimate of drug-likeness (QED) is 0.319. The first-order valence-corrected chi connectivity index (χ1v) is 11.3. The number of ether oxygens (including phenoxy) is 1. The van der Waals surface area contributed by atoms with Gasteiger partial charge in [0.05, 0.1) is 5.69 Å². The molecule has 0 aromatic heterocycles. The number of barbiturate groups is 1. The number of carbonyl (C=O) groups excluding carboxylic acids is 3. The maximum absolute atomic E-state index is 14.3. The summed E-state index contributed by atoms with van der Waals surface area (Å²) in [4.78, 5) is 38.5. The van der Waals surface area contributed by atoms with Crippen LogP contribution in [-0.2, 0) is 16.2 Å². The molecule has 1 fully saturated rings. The average Bonchev–Trinajstić information content (AvgIpc) is 2.78. The van der Waals surface area contributed by atoms with E-state index in [1.165, 1.54) is 24.3 Å². The lowest BCUT2D eigenvalue weighted by Crippen LogP contribution is -2.54. The minimum absolute atomic E-state index is 0.235. The van der Waals surface area contributed by atoms with Gasteiger partial charge in [0.25, 0.3) is 11.8 Å². The predicted molar refractivity (Wildman–Crippen MR) is 128 cm³/mol. The van der Waals surface area contributed by atoms with Crippen molar-refractivity contribution in [2.24, 2.45) is 0 Å². The average molecular weight is 574 g/mol. The lowest BCUT2D eigenvalue weighted by atomic mass is 10.1. The van der Waals surface area contributed by atoms with Crippen molar-refractivity contribution in [2.75, 3.05) is 4.90 Å². The van der Waals surface area contributed by atoms with Crippen molar-refractivity contribution in [3.05, 3.63) is 98.2 Å². The maximum Gasteiger partial charge on any atom is 0.336 e. The molecule has 0 unspecified atom stereocenters. The second-order valence-electron chi connectivity index (χ2n) is 6.97. The number of benzene rings is 3. The van der Waals surface area contributed by atoms with Crippen LogP contribution in [0.25, 0.3) is 6.08 Å². The van der Waals surface area contributed by atoms with E-state index in [1.807, 2.05) is 24.3 Å². The summed E-state index contributed by atoms with van der Waals surface area (Å²) >= 11 is 6.85. The van der Waals surface area contributed by atoms with Gasteiger partial charge in [-0.3, -0.25) is 14.9 Å². The van der Waals surface area contributed by atoms with E-state index in [2.05, 4.69) is 37.2 Å². The van der Waals surface area contributed by atoms with Gasteiger partial charge in [-0.2, -0.15) is 0 Å². The molecular formula is C24H15Br2FN2O4. The topological polar surface area (TPSA) is 75.7 Å². The molecule has 0 aliphatic carbocycles. The van der Waals surface area contributed by atoms with Crippen LogP contribution in [0.5, 0.6) is 5.75 Å². The predicted octanol–water partition coefficient (Wildman–Crippen LogP) is 5.60. The van der Waals surface area contributed by atoms with E-state index in [0.717, 1.165) is 16.1 Å². The molecule has 3 aromatic rings. The number of carbonyl (C=O) groups is 3. The van der Waals surface area contributed by atoms with Crippen LogP contribution in [0.4, 0.5) is 14.9 Å². The Bertz CT molecular complexity index is 1310. The van der Waals surface area contributed by atoms with Gasteiger partial charge in [-0.15, -0.1) is 0 Å². The van der Waals surface area contributed by atoms with E-state index in [4.69, 9.17) is 4.74 Å². The molecule has 9 heteroatoms. The third-order valence-corrected chi connectivity index (χ3v) is 6.07. The van der Waals surface area contributed by atoms with Gasteiger partial charge in [0, 0.05) is 20.1 Å². The maximum atomic E-state index is 14.3. The van der Waals surface area contributed by atoms with Crippen molar-refractivity contribution in [1.82, 2.24) is 5.32 Å². The molecule has 0 spiro atoms. The Kier molecular flexibility index (Phi) is 6.71. The summed E-state index contributed by atoms with van der Waals surface area (Å²) in [6.45, 7) is 0.235. The molecule has 33 heavy (non-hydrogen) atoms. The Hall–Kier alpha value is -3.30. The van der Waals surface area contributed by atoms with Crippen molar-refractivity contribution in [1.29, 1.82) is 0 Å². The first kappa shape index (κ1) is 22.9. The van der Waals surface area contributed by atoms with E-state index in [9.17, 15) is 18.8 Å². The van der Waals surface area contributed by atoms with Crippen LogP contribution in [0.1, 0.15) is 11.1 Å². The van der Waals surface area contributed by atoms with Gasteiger partial charge >= 0.3 is 6.03 Å². The largest absolute Gasteiger partial charge is 0.488 e. The molecule has 1 heterocycles. The van der Waals surface area contributed by atoms with Crippen LogP contribution >= 0.6 is 31.9 Å². The molecule has 0 atom stereocenters. The molecule has 6 nitrogen and oxygen atoms in total. The smallest absolute Gasteiger partial charge is 0.336 e. The lowest BCUT2D eigenvalue weighted by Gasteiger charge is -2.26. The highest BCUT2D eigenvalue weighted by Crippen LogP contribution is 2.30. The molecule has 1 aliphatic heterocycles. The number of nitrogens with zero attached hydrogens (tertiary/aromatic N) is 1. The summed E-state index contributed by atoms with van der Waals surface area (Å²) in [5, 5.41) is 2.09. The third-order valence-electron chi connectivity index (χ3n) is 4.81. The molecule has 4 amide bonds. The van der Waals surface area contributed by atoms with Crippen molar-refractivity contribution < 1.29 is 23.5 Å². The third kappa shape index (κ3) is 4.89. The number of imide groups is 2. The van der Waals surface area contributed by atoms with Gasteiger partial charge in [-0.25, -0.2) is 14.1 Å². The number of amides is 4. The number of hydrogen-bond acceptors (Lipinski definition) is 4.